The van der Waals surface area contributed by atoms with Crippen molar-refractivity contribution in [2.45, 2.75) is 0 Å². The van der Waals surface area contributed by atoms with Crippen molar-refractivity contribution in [1.29, 1.82) is 0 Å². The van der Waals surface area contributed by atoms with Crippen molar-refractivity contribution in [1.82, 2.24) is 15.0 Å². The molecule has 0 unspecified atom stereocenters. The molecule has 4 nitrogen and oxygen atoms in total. The van der Waals surface area contributed by atoms with Gasteiger partial charge in [0.15, 0.2) is 5.82 Å². The van der Waals surface area contributed by atoms with Crippen molar-refractivity contribution in [3.05, 3.63) is 89.0 Å². The van der Waals surface area contributed by atoms with Crippen LogP contribution in [0.15, 0.2) is 79.0 Å². The summed E-state index contributed by atoms with van der Waals surface area (Å²) < 4.78 is 0. The minimum atomic E-state index is 0.507. The summed E-state index contributed by atoms with van der Waals surface area (Å²) in [7, 11) is 0. The van der Waals surface area contributed by atoms with E-state index in [9.17, 15) is 0 Å². The van der Waals surface area contributed by atoms with Crippen LogP contribution in [0.2, 0.25) is 10.0 Å². The number of hydrogen-bond donors (Lipinski definition) is 1. The summed E-state index contributed by atoms with van der Waals surface area (Å²) in [5, 5.41) is 6.48. The van der Waals surface area contributed by atoms with Gasteiger partial charge in [0.25, 0.3) is 0 Å². The molecule has 29 heavy (non-hydrogen) atoms. The lowest BCUT2D eigenvalue weighted by Crippen LogP contribution is -2.00. The first-order chi connectivity index (χ1) is 14.2. The number of hydrogen-bond acceptors (Lipinski definition) is 4. The predicted molar refractivity (Wildman–Crippen MR) is 120 cm³/mol. The van der Waals surface area contributed by atoms with Gasteiger partial charge >= 0.3 is 0 Å². The lowest BCUT2D eigenvalue weighted by Gasteiger charge is -2.13. The Morgan fingerprint density at radius 3 is 2.45 bits per heavy atom. The van der Waals surface area contributed by atoms with Gasteiger partial charge in [-0.15, -0.1) is 0 Å². The minimum Gasteiger partial charge on any atom is -0.339 e. The van der Waals surface area contributed by atoms with Crippen LogP contribution >= 0.6 is 23.2 Å². The summed E-state index contributed by atoms with van der Waals surface area (Å²) in [6.07, 6.45) is 1.78. The lowest BCUT2D eigenvalue weighted by atomic mass is 10.1. The van der Waals surface area contributed by atoms with Crippen LogP contribution in [0.3, 0.4) is 0 Å². The Morgan fingerprint density at radius 2 is 1.55 bits per heavy atom. The molecule has 6 heteroatoms. The molecule has 0 amide bonds. The van der Waals surface area contributed by atoms with Gasteiger partial charge in [0.2, 0.25) is 0 Å². The third-order valence-corrected chi connectivity index (χ3v) is 5.22. The molecule has 2 heterocycles. The molecule has 0 bridgehead atoms. The van der Waals surface area contributed by atoms with E-state index in [-0.39, 0.29) is 0 Å². The summed E-state index contributed by atoms with van der Waals surface area (Å²) in [5.74, 6) is 1.24. The average molecular weight is 417 g/mol. The topological polar surface area (TPSA) is 50.7 Å². The van der Waals surface area contributed by atoms with Gasteiger partial charge in [-0.3, -0.25) is 4.98 Å². The largest absolute Gasteiger partial charge is 0.339 e. The van der Waals surface area contributed by atoms with Gasteiger partial charge in [-0.1, -0.05) is 41.4 Å². The van der Waals surface area contributed by atoms with Gasteiger partial charge in [0.05, 0.1) is 16.1 Å². The molecule has 1 N–H and O–H groups in total. The van der Waals surface area contributed by atoms with Crippen LogP contribution in [0, 0.1) is 0 Å². The zero-order valence-corrected chi connectivity index (χ0v) is 16.6. The molecule has 5 rings (SSSR count). The third-order valence-electron chi connectivity index (χ3n) is 4.67. The van der Waals surface area contributed by atoms with E-state index in [1.807, 2.05) is 60.7 Å². The zero-order chi connectivity index (χ0) is 19.8. The Labute approximate surface area is 177 Å². The number of nitrogens with zero attached hydrogens (tertiary/aromatic N) is 3. The first-order valence-corrected chi connectivity index (χ1v) is 9.77. The van der Waals surface area contributed by atoms with Crippen LogP contribution < -0.4 is 5.32 Å². The van der Waals surface area contributed by atoms with Crippen LogP contribution in [0.4, 0.5) is 11.5 Å². The summed E-state index contributed by atoms with van der Waals surface area (Å²) in [5.41, 5.74) is 3.39. The van der Waals surface area contributed by atoms with Crippen molar-refractivity contribution in [2.75, 3.05) is 5.32 Å². The Balaban J connectivity index is 1.70. The molecule has 5 aromatic rings. The highest BCUT2D eigenvalue weighted by atomic mass is 35.5. The van der Waals surface area contributed by atoms with E-state index in [2.05, 4.69) is 10.3 Å². The van der Waals surface area contributed by atoms with Gasteiger partial charge in [0, 0.05) is 33.2 Å². The molecule has 0 radical (unpaired) electrons. The third kappa shape index (κ3) is 3.37. The molecule has 0 spiro atoms. The van der Waals surface area contributed by atoms with Crippen molar-refractivity contribution in [3.63, 3.8) is 0 Å². The number of halogens is 2. The Hall–Kier alpha value is -3.21. The van der Waals surface area contributed by atoms with Crippen LogP contribution in [-0.4, -0.2) is 15.0 Å². The minimum absolute atomic E-state index is 0.507. The molecule has 140 valence electrons. The van der Waals surface area contributed by atoms with Crippen LogP contribution in [0.5, 0.6) is 0 Å². The average Bonchev–Trinajstić information content (AvgIpc) is 2.74. The number of rotatable bonds is 3. The molecule has 0 atom stereocenters. The smallest absolute Gasteiger partial charge is 0.163 e. The highest BCUT2D eigenvalue weighted by molar-refractivity contribution is 6.36. The molecule has 0 fully saturated rings. The molecule has 0 saturated heterocycles. The lowest BCUT2D eigenvalue weighted by molar-refractivity contribution is 1.22. The van der Waals surface area contributed by atoms with E-state index >= 15 is 0 Å². The normalized spacial score (nSPS) is 11.1. The molecule has 0 saturated carbocycles. The first kappa shape index (κ1) is 17.9. The van der Waals surface area contributed by atoms with Crippen molar-refractivity contribution >= 4 is 56.5 Å². The monoisotopic (exact) mass is 416 g/mol. The number of benzene rings is 3. The Bertz CT molecular complexity index is 1360. The Kier molecular flexibility index (Phi) is 4.51. The maximum Gasteiger partial charge on any atom is 0.163 e. The molecule has 3 aromatic carbocycles. The van der Waals surface area contributed by atoms with Gasteiger partial charge in [-0.25, -0.2) is 9.97 Å². The van der Waals surface area contributed by atoms with Gasteiger partial charge in [0.1, 0.15) is 5.82 Å². The van der Waals surface area contributed by atoms with E-state index < -0.39 is 0 Å². The van der Waals surface area contributed by atoms with Crippen LogP contribution in [0.1, 0.15) is 0 Å². The second kappa shape index (κ2) is 7.32. The molecule has 0 aliphatic heterocycles. The molecular formula is C23H14Cl2N4. The summed E-state index contributed by atoms with van der Waals surface area (Å²) in [4.78, 5) is 13.9. The standard InChI is InChI=1S/C23H14Cl2N4/c24-14-10-11-15(18(25)13-14)22-28-21-7-2-1-5-17(21)23(29-22)27-20-9-3-8-19-16(20)6-4-12-26-19/h1-13H,(H,27,28,29). The quantitative estimate of drug-likeness (QED) is 0.347. The zero-order valence-electron chi connectivity index (χ0n) is 15.1. The second-order valence-corrected chi connectivity index (χ2v) is 7.38. The second-order valence-electron chi connectivity index (χ2n) is 6.54. The fourth-order valence-electron chi connectivity index (χ4n) is 3.30. The SMILES string of the molecule is Clc1ccc(-c2nc(Nc3cccc4ncccc34)c3ccccc3n2)c(Cl)c1. The molecule has 0 aliphatic rings. The fourth-order valence-corrected chi connectivity index (χ4v) is 3.80. The summed E-state index contributed by atoms with van der Waals surface area (Å²) in [6.45, 7) is 0. The van der Waals surface area contributed by atoms with Gasteiger partial charge in [-0.05, 0) is 54.6 Å². The van der Waals surface area contributed by atoms with Crippen LogP contribution in [-0.2, 0) is 0 Å². The first-order valence-electron chi connectivity index (χ1n) is 9.02. The van der Waals surface area contributed by atoms with Crippen molar-refractivity contribution in [2.24, 2.45) is 0 Å². The summed E-state index contributed by atoms with van der Waals surface area (Å²) >= 11 is 12.5. The van der Waals surface area contributed by atoms with Crippen molar-refractivity contribution in [3.8, 4) is 11.4 Å². The maximum atomic E-state index is 6.41. The maximum absolute atomic E-state index is 6.41. The number of aromatic nitrogens is 3. The molecular weight excluding hydrogens is 403 g/mol. The number of para-hydroxylation sites is 1. The number of pyridine rings is 1. The van der Waals surface area contributed by atoms with E-state index in [0.717, 1.165) is 33.1 Å². The van der Waals surface area contributed by atoms with E-state index in [4.69, 9.17) is 33.2 Å². The van der Waals surface area contributed by atoms with E-state index in [0.29, 0.717) is 21.7 Å². The van der Waals surface area contributed by atoms with E-state index in [1.165, 1.54) is 0 Å². The Morgan fingerprint density at radius 1 is 0.724 bits per heavy atom. The highest BCUT2D eigenvalue weighted by Crippen LogP contribution is 2.33. The molecule has 2 aromatic heterocycles. The number of nitrogens with one attached hydrogen (secondary N) is 1. The highest BCUT2D eigenvalue weighted by Gasteiger charge is 2.13. The van der Waals surface area contributed by atoms with E-state index in [1.54, 1.807) is 18.3 Å². The fraction of sp³-hybridized carbons (Fsp3) is 0. The van der Waals surface area contributed by atoms with Gasteiger partial charge in [-0.2, -0.15) is 0 Å². The predicted octanol–water partition coefficient (Wildman–Crippen LogP) is 6.90. The number of anilines is 2. The summed E-state index contributed by atoms with van der Waals surface area (Å²) in [6, 6.07) is 23.1. The van der Waals surface area contributed by atoms with Gasteiger partial charge < -0.3 is 5.32 Å². The van der Waals surface area contributed by atoms with Crippen LogP contribution in [0.25, 0.3) is 33.2 Å². The number of fused-ring (bicyclic) bond motifs is 2. The van der Waals surface area contributed by atoms with Crippen molar-refractivity contribution < 1.29 is 0 Å². The molecule has 0 aliphatic carbocycles.